The van der Waals surface area contributed by atoms with Gasteiger partial charge in [0.1, 0.15) is 12.1 Å². The molecule has 1 unspecified atom stereocenters. The van der Waals surface area contributed by atoms with Crippen molar-refractivity contribution in [1.29, 1.82) is 0 Å². The second-order valence-corrected chi connectivity index (χ2v) is 9.17. The number of nitrogens with zero attached hydrogens (tertiary/aromatic N) is 3. The van der Waals surface area contributed by atoms with E-state index < -0.39 is 6.23 Å². The molecule has 2 aromatic rings. The SMILES string of the molecule is CC1=CC(c2ccc3nc(C4CCOCC4)n([C@H](C)COC(C)C)c3c2)=CN(C)C1O. The molecule has 0 spiro atoms. The van der Waals surface area contributed by atoms with Gasteiger partial charge in [0.2, 0.25) is 0 Å². The molecule has 0 amide bonds. The van der Waals surface area contributed by atoms with E-state index in [2.05, 4.69) is 49.6 Å². The maximum Gasteiger partial charge on any atom is 0.148 e. The Kier molecular flexibility index (Phi) is 6.51. The summed E-state index contributed by atoms with van der Waals surface area (Å²) in [6.45, 7) is 10.6. The fourth-order valence-electron chi connectivity index (χ4n) is 4.53. The molecule has 3 heterocycles. The molecule has 0 saturated carbocycles. The molecule has 168 valence electrons. The van der Waals surface area contributed by atoms with Gasteiger partial charge in [-0.2, -0.15) is 0 Å². The Morgan fingerprint density at radius 3 is 2.65 bits per heavy atom. The van der Waals surface area contributed by atoms with Crippen LogP contribution in [0.4, 0.5) is 0 Å². The topological polar surface area (TPSA) is 59.8 Å². The highest BCUT2D eigenvalue weighted by molar-refractivity contribution is 5.85. The van der Waals surface area contributed by atoms with E-state index >= 15 is 0 Å². The molecule has 0 aliphatic carbocycles. The van der Waals surface area contributed by atoms with E-state index in [1.54, 1.807) is 0 Å². The highest BCUT2D eigenvalue weighted by Crippen LogP contribution is 2.34. The van der Waals surface area contributed by atoms with Crippen LogP contribution in [0.25, 0.3) is 16.6 Å². The molecule has 4 rings (SSSR count). The first kappa shape index (κ1) is 22.1. The molecular formula is C25H35N3O3. The summed E-state index contributed by atoms with van der Waals surface area (Å²) < 4.78 is 14.0. The lowest BCUT2D eigenvalue weighted by atomic mass is 9.99. The molecule has 31 heavy (non-hydrogen) atoms. The van der Waals surface area contributed by atoms with E-state index in [0.29, 0.717) is 12.5 Å². The van der Waals surface area contributed by atoms with Crippen molar-refractivity contribution in [2.24, 2.45) is 0 Å². The van der Waals surface area contributed by atoms with Crippen LogP contribution in [0.15, 0.2) is 36.0 Å². The number of imidazole rings is 1. The van der Waals surface area contributed by atoms with E-state index in [4.69, 9.17) is 14.5 Å². The maximum absolute atomic E-state index is 10.2. The number of hydrogen-bond acceptors (Lipinski definition) is 5. The van der Waals surface area contributed by atoms with E-state index in [0.717, 1.165) is 59.6 Å². The van der Waals surface area contributed by atoms with E-state index in [-0.39, 0.29) is 12.1 Å². The van der Waals surface area contributed by atoms with Crippen LogP contribution in [-0.2, 0) is 9.47 Å². The number of benzene rings is 1. The zero-order chi connectivity index (χ0) is 22.1. The molecular weight excluding hydrogens is 390 g/mol. The van der Waals surface area contributed by atoms with Gasteiger partial charge in [-0.05, 0) is 75.5 Å². The van der Waals surface area contributed by atoms with Crippen LogP contribution in [0.2, 0.25) is 0 Å². The van der Waals surface area contributed by atoms with Crippen LogP contribution in [0.5, 0.6) is 0 Å². The molecule has 0 radical (unpaired) electrons. The minimum absolute atomic E-state index is 0.183. The average Bonchev–Trinajstić information content (AvgIpc) is 3.15. The van der Waals surface area contributed by atoms with E-state index in [1.165, 1.54) is 0 Å². The largest absolute Gasteiger partial charge is 0.381 e. The summed E-state index contributed by atoms with van der Waals surface area (Å²) >= 11 is 0. The monoisotopic (exact) mass is 425 g/mol. The number of ether oxygens (including phenoxy) is 2. The third kappa shape index (κ3) is 4.56. The number of allylic oxidation sites excluding steroid dienone is 2. The van der Waals surface area contributed by atoms with Gasteiger partial charge in [-0.1, -0.05) is 6.07 Å². The van der Waals surface area contributed by atoms with Crippen LogP contribution < -0.4 is 0 Å². The summed E-state index contributed by atoms with van der Waals surface area (Å²) in [4.78, 5) is 6.93. The minimum Gasteiger partial charge on any atom is -0.381 e. The van der Waals surface area contributed by atoms with Crippen molar-refractivity contribution in [2.45, 2.75) is 64.8 Å². The summed E-state index contributed by atoms with van der Waals surface area (Å²) in [6.07, 6.45) is 5.71. The van der Waals surface area contributed by atoms with Crippen molar-refractivity contribution in [1.82, 2.24) is 14.5 Å². The van der Waals surface area contributed by atoms with E-state index in [1.807, 2.05) is 25.1 Å². The van der Waals surface area contributed by atoms with Crippen LogP contribution in [0.1, 0.15) is 63.9 Å². The molecule has 1 saturated heterocycles. The van der Waals surface area contributed by atoms with Gasteiger partial charge in [-0.25, -0.2) is 4.98 Å². The standard InChI is InChI=1S/C25H35N3O3/c1-16(2)31-15-18(4)28-23-13-20(21-12-17(3)25(29)27(5)14-21)6-7-22(23)26-24(28)19-8-10-30-11-9-19/h6-7,12-14,16,18-19,25,29H,8-11,15H2,1-5H3/t18-,25?/m1/s1. The van der Waals surface area contributed by atoms with Crippen molar-refractivity contribution in [2.75, 3.05) is 26.9 Å². The highest BCUT2D eigenvalue weighted by atomic mass is 16.5. The summed E-state index contributed by atoms with van der Waals surface area (Å²) in [5.74, 6) is 1.55. The van der Waals surface area contributed by atoms with Crippen LogP contribution in [-0.4, -0.2) is 58.8 Å². The number of likely N-dealkylation sites (N-methyl/N-ethyl adjacent to an activating group) is 1. The zero-order valence-electron chi connectivity index (χ0n) is 19.3. The third-order valence-corrected chi connectivity index (χ3v) is 6.27. The number of aliphatic hydroxyl groups excluding tert-OH is 1. The first-order chi connectivity index (χ1) is 14.8. The summed E-state index contributed by atoms with van der Waals surface area (Å²) in [5, 5.41) is 10.2. The lowest BCUT2D eigenvalue weighted by Gasteiger charge is -2.28. The van der Waals surface area contributed by atoms with Crippen molar-refractivity contribution in [3.05, 3.63) is 47.4 Å². The zero-order valence-corrected chi connectivity index (χ0v) is 19.3. The maximum atomic E-state index is 10.2. The molecule has 1 aromatic carbocycles. The Morgan fingerprint density at radius 1 is 1.23 bits per heavy atom. The van der Waals surface area contributed by atoms with Gasteiger partial charge in [0.15, 0.2) is 0 Å². The lowest BCUT2D eigenvalue weighted by Crippen LogP contribution is -2.30. The van der Waals surface area contributed by atoms with Gasteiger partial charge in [-0.15, -0.1) is 0 Å². The van der Waals surface area contributed by atoms with Crippen LogP contribution in [0, 0.1) is 0 Å². The fourth-order valence-corrected chi connectivity index (χ4v) is 4.53. The first-order valence-corrected chi connectivity index (χ1v) is 11.4. The number of rotatable bonds is 6. The molecule has 1 fully saturated rings. The predicted molar refractivity (Wildman–Crippen MR) is 124 cm³/mol. The summed E-state index contributed by atoms with van der Waals surface area (Å²) in [7, 11) is 1.90. The number of aliphatic hydroxyl groups is 1. The van der Waals surface area contributed by atoms with Gasteiger partial charge >= 0.3 is 0 Å². The predicted octanol–water partition coefficient (Wildman–Crippen LogP) is 4.47. The lowest BCUT2D eigenvalue weighted by molar-refractivity contribution is 0.0558. The van der Waals surface area contributed by atoms with Gasteiger partial charge in [0.05, 0.1) is 29.8 Å². The molecule has 6 heteroatoms. The molecule has 2 aliphatic heterocycles. The van der Waals surface area contributed by atoms with Crippen molar-refractivity contribution >= 4 is 16.6 Å². The molecule has 1 aromatic heterocycles. The highest BCUT2D eigenvalue weighted by Gasteiger charge is 2.26. The van der Waals surface area contributed by atoms with Gasteiger partial charge in [-0.3, -0.25) is 0 Å². The third-order valence-electron chi connectivity index (χ3n) is 6.27. The number of fused-ring (bicyclic) bond motifs is 1. The van der Waals surface area contributed by atoms with Gasteiger partial charge < -0.3 is 24.0 Å². The Labute approximate surface area is 185 Å². The fraction of sp³-hybridized carbons (Fsp3) is 0.560. The Bertz CT molecular complexity index is 985. The Hall–Kier alpha value is -2.15. The average molecular weight is 426 g/mol. The van der Waals surface area contributed by atoms with Gasteiger partial charge in [0, 0.05) is 32.4 Å². The molecule has 1 N–H and O–H groups in total. The van der Waals surface area contributed by atoms with Crippen molar-refractivity contribution in [3.8, 4) is 0 Å². The van der Waals surface area contributed by atoms with Crippen molar-refractivity contribution < 1.29 is 14.6 Å². The van der Waals surface area contributed by atoms with Crippen LogP contribution in [0.3, 0.4) is 0 Å². The molecule has 2 atom stereocenters. The first-order valence-electron chi connectivity index (χ1n) is 11.4. The quantitative estimate of drug-likeness (QED) is 0.740. The van der Waals surface area contributed by atoms with Crippen molar-refractivity contribution in [3.63, 3.8) is 0 Å². The normalized spacial score (nSPS) is 21.5. The molecule has 2 aliphatic rings. The Morgan fingerprint density at radius 2 is 1.97 bits per heavy atom. The number of hydrogen-bond donors (Lipinski definition) is 1. The number of aromatic nitrogens is 2. The second-order valence-electron chi connectivity index (χ2n) is 9.17. The summed E-state index contributed by atoms with van der Waals surface area (Å²) in [6, 6.07) is 6.67. The smallest absolute Gasteiger partial charge is 0.148 e. The second kappa shape index (κ2) is 9.15. The Balaban J connectivity index is 1.78. The van der Waals surface area contributed by atoms with Crippen LogP contribution >= 0.6 is 0 Å². The van der Waals surface area contributed by atoms with E-state index in [9.17, 15) is 5.11 Å². The molecule has 0 bridgehead atoms. The minimum atomic E-state index is -0.564. The molecule has 6 nitrogen and oxygen atoms in total. The summed E-state index contributed by atoms with van der Waals surface area (Å²) in [5.41, 5.74) is 5.32. The van der Waals surface area contributed by atoms with Gasteiger partial charge in [0.25, 0.3) is 0 Å².